The first-order valence-corrected chi connectivity index (χ1v) is 17.9. The van der Waals surface area contributed by atoms with E-state index in [4.69, 9.17) is 13.7 Å². The molecule has 4 aliphatic carbocycles. The molecule has 0 amide bonds. The highest BCUT2D eigenvalue weighted by Crippen LogP contribution is 2.69. The Kier molecular flexibility index (Phi) is 9.99. The number of hydrogen-bond donors (Lipinski definition) is 7. The number of ether oxygens (including phenoxy) is 2. The average molecular weight is 663 g/mol. The summed E-state index contributed by atoms with van der Waals surface area (Å²) in [6.45, 7) is 10.1. The van der Waals surface area contributed by atoms with E-state index in [-0.39, 0.29) is 49.0 Å². The minimum absolute atomic E-state index is 0.00544. The molecule has 4 saturated carbocycles. The molecule has 0 radical (unpaired) electrons. The molecule has 0 aromatic heterocycles. The Morgan fingerprint density at radius 3 is 2.20 bits per heavy atom. The second-order valence-electron chi connectivity index (χ2n) is 15.6. The lowest BCUT2D eigenvalue weighted by molar-refractivity contribution is -0.280. The van der Waals surface area contributed by atoms with Crippen molar-refractivity contribution in [3.8, 4) is 0 Å². The van der Waals surface area contributed by atoms with Gasteiger partial charge in [-0.25, -0.2) is 4.18 Å². The van der Waals surface area contributed by atoms with Crippen molar-refractivity contribution in [2.75, 3.05) is 6.61 Å². The van der Waals surface area contributed by atoms with E-state index in [1.807, 2.05) is 19.9 Å². The van der Waals surface area contributed by atoms with Gasteiger partial charge in [-0.3, -0.25) is 4.55 Å². The molecule has 260 valence electrons. The van der Waals surface area contributed by atoms with Crippen molar-refractivity contribution in [2.24, 2.45) is 46.3 Å². The molecule has 0 aromatic carbocycles. The lowest BCUT2D eigenvalue weighted by Crippen LogP contribution is -2.68. The summed E-state index contributed by atoms with van der Waals surface area (Å²) in [5.41, 5.74) is -2.22. The first-order valence-electron chi connectivity index (χ1n) is 16.6. The summed E-state index contributed by atoms with van der Waals surface area (Å²) in [4.78, 5) is 0. The van der Waals surface area contributed by atoms with Gasteiger partial charge in [-0.05, 0) is 78.9 Å². The minimum Gasteiger partial charge on any atom is -0.393 e. The highest BCUT2D eigenvalue weighted by Gasteiger charge is 2.70. The third-order valence-corrected chi connectivity index (χ3v) is 13.1. The van der Waals surface area contributed by atoms with Crippen molar-refractivity contribution in [3.63, 3.8) is 0 Å². The second kappa shape index (κ2) is 12.6. The van der Waals surface area contributed by atoms with Gasteiger partial charge in [-0.15, -0.1) is 0 Å². The van der Waals surface area contributed by atoms with Gasteiger partial charge in [0.2, 0.25) is 0 Å². The second-order valence-corrected chi connectivity index (χ2v) is 16.7. The number of hydrogen-bond acceptors (Lipinski definition) is 11. The molecule has 13 heteroatoms. The van der Waals surface area contributed by atoms with Gasteiger partial charge in [0, 0.05) is 12.3 Å². The summed E-state index contributed by atoms with van der Waals surface area (Å²) in [7, 11) is -4.62. The molecule has 5 fully saturated rings. The quantitative estimate of drug-likeness (QED) is 0.146. The van der Waals surface area contributed by atoms with Gasteiger partial charge < -0.3 is 40.1 Å². The molecule has 5 aliphatic rings. The standard InChI is InChI=1S/C32H54O12S/c1-16(2)24(43-29-27(37)26(36)23(35)15-42-29)7-6-17(3)19-13-21(33)28-31(19,5)11-9-25-30(4)10-8-18(44-45(39,40)41)12-20(30)22(34)14-32(25,28)38/h6-7,16-29,33-38H,8-15H2,1-5H3,(H,39,40,41)/b7-6+/t17-,18+,19-,20-,21-,22+,23-,24+,25-,26+,27-,28-,29-,30+,31-,32+/m1/s1. The van der Waals surface area contributed by atoms with Crippen molar-refractivity contribution >= 4 is 10.4 Å². The fraction of sp³-hybridized carbons (Fsp3) is 0.938. The van der Waals surface area contributed by atoms with Crippen LogP contribution in [0.3, 0.4) is 0 Å². The van der Waals surface area contributed by atoms with Gasteiger partial charge in [-0.2, -0.15) is 8.42 Å². The van der Waals surface area contributed by atoms with Crippen LogP contribution in [0.5, 0.6) is 0 Å². The SMILES string of the molecule is CC(C)[C@H](/C=C/[C@@H](C)[C@H]1C[C@@H](O)[C@@H]2[C@]1(C)CC[C@@H]1[C@@]3(C)CC[C@H](OS(=O)(=O)O)C[C@@H]3[C@@H](O)C[C@]12O)O[C@H]1OC[C@@H](O)[C@H](O)[C@H]1O. The van der Waals surface area contributed by atoms with Gasteiger partial charge in [0.1, 0.15) is 18.3 Å². The van der Waals surface area contributed by atoms with E-state index in [2.05, 4.69) is 26.8 Å². The Morgan fingerprint density at radius 1 is 0.889 bits per heavy atom. The number of rotatable bonds is 8. The maximum Gasteiger partial charge on any atom is 0.397 e. The van der Waals surface area contributed by atoms with Gasteiger partial charge in [0.05, 0.1) is 36.6 Å². The lowest BCUT2D eigenvalue weighted by Gasteiger charge is -2.66. The van der Waals surface area contributed by atoms with Gasteiger partial charge in [0.25, 0.3) is 0 Å². The smallest absolute Gasteiger partial charge is 0.393 e. The molecule has 1 saturated heterocycles. The Morgan fingerprint density at radius 2 is 1.56 bits per heavy atom. The lowest BCUT2D eigenvalue weighted by atomic mass is 9.42. The first kappa shape index (κ1) is 35.6. The number of allylic oxidation sites excluding steroid dienone is 1. The predicted octanol–water partition coefficient (Wildman–Crippen LogP) is 1.56. The Balaban J connectivity index is 1.33. The summed E-state index contributed by atoms with van der Waals surface area (Å²) in [6, 6.07) is 0. The number of fused-ring (bicyclic) bond motifs is 5. The van der Waals surface area contributed by atoms with Crippen molar-refractivity contribution in [1.29, 1.82) is 0 Å². The normalized spacial score (nSPS) is 50.2. The molecule has 0 unspecified atom stereocenters. The summed E-state index contributed by atoms with van der Waals surface area (Å²) < 4.78 is 48.4. The Hall–Kier alpha value is -0.710. The van der Waals surface area contributed by atoms with Gasteiger partial charge in [-0.1, -0.05) is 46.8 Å². The zero-order valence-corrected chi connectivity index (χ0v) is 27.8. The van der Waals surface area contributed by atoms with Crippen molar-refractivity contribution in [2.45, 2.75) is 134 Å². The highest BCUT2D eigenvalue weighted by molar-refractivity contribution is 7.80. The molecular weight excluding hydrogens is 608 g/mol. The molecule has 1 aliphatic heterocycles. The van der Waals surface area contributed by atoms with Crippen LogP contribution in [-0.4, -0.2) is 105 Å². The zero-order valence-electron chi connectivity index (χ0n) is 27.0. The predicted molar refractivity (Wildman–Crippen MR) is 162 cm³/mol. The van der Waals surface area contributed by atoms with Crippen molar-refractivity contribution in [1.82, 2.24) is 0 Å². The van der Waals surface area contributed by atoms with Crippen molar-refractivity contribution in [3.05, 3.63) is 12.2 Å². The highest BCUT2D eigenvalue weighted by atomic mass is 32.3. The van der Waals surface area contributed by atoms with Crippen LogP contribution in [0, 0.1) is 46.3 Å². The Bertz CT molecular complexity index is 1200. The van der Waals surface area contributed by atoms with Gasteiger partial charge >= 0.3 is 10.4 Å². The number of aliphatic hydroxyl groups is 6. The average Bonchev–Trinajstić information content (AvgIpc) is 3.21. The third kappa shape index (κ3) is 6.41. The van der Waals surface area contributed by atoms with Crippen LogP contribution in [0.1, 0.15) is 79.6 Å². The maximum atomic E-state index is 12.6. The molecule has 12 nitrogen and oxygen atoms in total. The summed E-state index contributed by atoms with van der Waals surface area (Å²) in [5, 5.41) is 65.8. The zero-order chi connectivity index (χ0) is 33.3. The van der Waals surface area contributed by atoms with Crippen LogP contribution in [0.25, 0.3) is 0 Å². The fourth-order valence-electron chi connectivity index (χ4n) is 10.5. The van der Waals surface area contributed by atoms with E-state index in [0.29, 0.717) is 25.7 Å². The van der Waals surface area contributed by atoms with Crippen LogP contribution in [0.15, 0.2) is 12.2 Å². The fourth-order valence-corrected chi connectivity index (χ4v) is 11.0. The van der Waals surface area contributed by atoms with Crippen LogP contribution in [-0.2, 0) is 24.1 Å². The van der Waals surface area contributed by atoms with Crippen LogP contribution in [0.2, 0.25) is 0 Å². The van der Waals surface area contributed by atoms with E-state index >= 15 is 0 Å². The molecule has 45 heavy (non-hydrogen) atoms. The maximum absolute atomic E-state index is 12.6. The first-order chi connectivity index (χ1) is 20.8. The molecule has 7 N–H and O–H groups in total. The largest absolute Gasteiger partial charge is 0.397 e. The third-order valence-electron chi connectivity index (χ3n) is 12.6. The van der Waals surface area contributed by atoms with Crippen LogP contribution >= 0.6 is 0 Å². The number of aliphatic hydroxyl groups excluding tert-OH is 5. The molecule has 0 spiro atoms. The summed E-state index contributed by atoms with van der Waals surface area (Å²) in [5.74, 6) is -0.933. The van der Waals surface area contributed by atoms with E-state index in [0.717, 1.165) is 6.42 Å². The molecule has 0 bridgehead atoms. The van der Waals surface area contributed by atoms with E-state index < -0.39 is 81.8 Å². The Labute approximate surface area is 266 Å². The van der Waals surface area contributed by atoms with E-state index in [1.165, 1.54) is 0 Å². The summed E-state index contributed by atoms with van der Waals surface area (Å²) in [6.07, 6.45) is -0.710. The van der Waals surface area contributed by atoms with E-state index in [1.54, 1.807) is 0 Å². The summed E-state index contributed by atoms with van der Waals surface area (Å²) >= 11 is 0. The van der Waals surface area contributed by atoms with E-state index in [9.17, 15) is 43.6 Å². The molecule has 1 heterocycles. The molecular formula is C32H54O12S. The molecule has 16 atom stereocenters. The van der Waals surface area contributed by atoms with Crippen LogP contribution < -0.4 is 0 Å². The topological polar surface area (TPSA) is 203 Å². The van der Waals surface area contributed by atoms with Gasteiger partial charge in [0.15, 0.2) is 6.29 Å². The van der Waals surface area contributed by atoms with Crippen LogP contribution in [0.4, 0.5) is 0 Å². The minimum atomic E-state index is -4.62. The van der Waals surface area contributed by atoms with Crippen molar-refractivity contribution < 1.29 is 57.3 Å². The molecule has 5 rings (SSSR count). The monoisotopic (exact) mass is 662 g/mol. The molecule has 0 aromatic rings.